The molecule has 27 heavy (non-hydrogen) atoms. The highest BCUT2D eigenvalue weighted by molar-refractivity contribution is 5.57. The van der Waals surface area contributed by atoms with Crippen LogP contribution in [-0.2, 0) is 6.54 Å². The molecule has 3 aromatic rings. The minimum Gasteiger partial charge on any atom is -0.366 e. The summed E-state index contributed by atoms with van der Waals surface area (Å²) < 4.78 is 2.07. The Kier molecular flexibility index (Phi) is 4.99. The minimum atomic E-state index is 1.04. The second-order valence-electron chi connectivity index (χ2n) is 7.46. The van der Waals surface area contributed by atoms with Gasteiger partial charge in [-0.1, -0.05) is 42.5 Å². The molecular formula is C23H28N4. The van der Waals surface area contributed by atoms with E-state index in [1.807, 2.05) is 6.07 Å². The van der Waals surface area contributed by atoms with E-state index in [0.29, 0.717) is 0 Å². The quantitative estimate of drug-likeness (QED) is 0.699. The summed E-state index contributed by atoms with van der Waals surface area (Å²) >= 11 is 0. The second kappa shape index (κ2) is 7.57. The Balaban J connectivity index is 1.47. The van der Waals surface area contributed by atoms with Crippen molar-refractivity contribution in [3.05, 3.63) is 77.1 Å². The molecule has 0 amide bonds. The smallest absolute Gasteiger partial charge is 0.0834 e. The topological polar surface area (TPSA) is 24.3 Å². The Hall–Kier alpha value is -2.59. The minimum absolute atomic E-state index is 1.04. The monoisotopic (exact) mass is 360 g/mol. The maximum atomic E-state index is 4.82. The van der Waals surface area contributed by atoms with E-state index in [-0.39, 0.29) is 0 Å². The van der Waals surface area contributed by atoms with E-state index in [0.717, 1.165) is 44.1 Å². The fourth-order valence-electron chi connectivity index (χ4n) is 4.07. The zero-order chi connectivity index (χ0) is 18.8. The SMILES string of the molecule is Cc1ccccc1CN1CCN(c2c(C)nn(-c3ccccc3)c2C)CC1. The van der Waals surface area contributed by atoms with E-state index in [4.69, 9.17) is 5.10 Å². The summed E-state index contributed by atoms with van der Waals surface area (Å²) in [4.78, 5) is 5.07. The van der Waals surface area contributed by atoms with Crippen LogP contribution in [0.15, 0.2) is 54.6 Å². The molecular weight excluding hydrogens is 332 g/mol. The van der Waals surface area contributed by atoms with E-state index in [1.54, 1.807) is 0 Å². The van der Waals surface area contributed by atoms with Gasteiger partial charge in [-0.15, -0.1) is 0 Å². The van der Waals surface area contributed by atoms with Gasteiger partial charge >= 0.3 is 0 Å². The lowest BCUT2D eigenvalue weighted by Gasteiger charge is -2.36. The van der Waals surface area contributed by atoms with Crippen LogP contribution in [0.2, 0.25) is 0 Å². The number of aryl methyl sites for hydroxylation is 2. The third kappa shape index (κ3) is 3.62. The summed E-state index contributed by atoms with van der Waals surface area (Å²) in [6.07, 6.45) is 0. The van der Waals surface area contributed by atoms with Crippen LogP contribution in [0.25, 0.3) is 5.69 Å². The van der Waals surface area contributed by atoms with Gasteiger partial charge in [-0.3, -0.25) is 4.90 Å². The molecule has 0 radical (unpaired) electrons. The maximum absolute atomic E-state index is 4.82. The van der Waals surface area contributed by atoms with E-state index in [2.05, 4.69) is 83.8 Å². The van der Waals surface area contributed by atoms with Crippen molar-refractivity contribution < 1.29 is 0 Å². The van der Waals surface area contributed by atoms with Crippen molar-refractivity contribution in [2.75, 3.05) is 31.1 Å². The molecule has 140 valence electrons. The first kappa shape index (κ1) is 17.8. The number of anilines is 1. The van der Waals surface area contributed by atoms with Crippen LogP contribution in [0.3, 0.4) is 0 Å². The van der Waals surface area contributed by atoms with Crippen LogP contribution in [0.4, 0.5) is 5.69 Å². The van der Waals surface area contributed by atoms with Crippen molar-refractivity contribution in [2.24, 2.45) is 0 Å². The molecule has 4 heteroatoms. The highest BCUT2D eigenvalue weighted by Crippen LogP contribution is 2.28. The third-order valence-corrected chi connectivity index (χ3v) is 5.60. The third-order valence-electron chi connectivity index (χ3n) is 5.60. The molecule has 1 saturated heterocycles. The van der Waals surface area contributed by atoms with Gasteiger partial charge in [0, 0.05) is 32.7 Å². The fraction of sp³-hybridized carbons (Fsp3) is 0.348. The van der Waals surface area contributed by atoms with Gasteiger partial charge in [0.15, 0.2) is 0 Å². The van der Waals surface area contributed by atoms with E-state index in [1.165, 1.54) is 22.5 Å². The predicted octanol–water partition coefficient (Wildman–Crippen LogP) is 4.12. The zero-order valence-electron chi connectivity index (χ0n) is 16.5. The molecule has 1 fully saturated rings. The largest absolute Gasteiger partial charge is 0.366 e. The lowest BCUT2D eigenvalue weighted by molar-refractivity contribution is 0.249. The summed E-state index contributed by atoms with van der Waals surface area (Å²) in [6, 6.07) is 19.1. The zero-order valence-corrected chi connectivity index (χ0v) is 16.5. The highest BCUT2D eigenvalue weighted by atomic mass is 15.3. The second-order valence-corrected chi connectivity index (χ2v) is 7.46. The average molecular weight is 361 g/mol. The van der Waals surface area contributed by atoms with Crippen LogP contribution in [0, 0.1) is 20.8 Å². The normalized spacial score (nSPS) is 15.3. The lowest BCUT2D eigenvalue weighted by Crippen LogP contribution is -2.46. The van der Waals surface area contributed by atoms with Crippen molar-refractivity contribution in [3.63, 3.8) is 0 Å². The van der Waals surface area contributed by atoms with Crippen LogP contribution in [-0.4, -0.2) is 40.9 Å². The standard InChI is InChI=1S/C23H28N4/c1-18-9-7-8-10-21(18)17-25-13-15-26(16-14-25)23-19(2)24-27(20(23)3)22-11-5-4-6-12-22/h4-12H,13-17H2,1-3H3. The summed E-state index contributed by atoms with van der Waals surface area (Å²) in [5.74, 6) is 0. The molecule has 0 saturated carbocycles. The molecule has 0 aliphatic carbocycles. The summed E-state index contributed by atoms with van der Waals surface area (Å²) in [7, 11) is 0. The molecule has 1 aromatic heterocycles. The molecule has 2 heterocycles. The molecule has 0 unspecified atom stereocenters. The number of nitrogens with zero attached hydrogens (tertiary/aromatic N) is 4. The van der Waals surface area contributed by atoms with E-state index in [9.17, 15) is 0 Å². The van der Waals surface area contributed by atoms with Crippen molar-refractivity contribution >= 4 is 5.69 Å². The highest BCUT2D eigenvalue weighted by Gasteiger charge is 2.23. The first-order valence-electron chi connectivity index (χ1n) is 9.77. The molecule has 0 N–H and O–H groups in total. The number of piperazine rings is 1. The molecule has 4 nitrogen and oxygen atoms in total. The van der Waals surface area contributed by atoms with Crippen molar-refractivity contribution in [3.8, 4) is 5.69 Å². The van der Waals surface area contributed by atoms with Crippen LogP contribution in [0.5, 0.6) is 0 Å². The Bertz CT molecular complexity index is 905. The number of para-hydroxylation sites is 1. The van der Waals surface area contributed by atoms with Crippen LogP contribution >= 0.6 is 0 Å². The van der Waals surface area contributed by atoms with Gasteiger partial charge in [0.2, 0.25) is 0 Å². The number of benzene rings is 2. The van der Waals surface area contributed by atoms with E-state index >= 15 is 0 Å². The Morgan fingerprint density at radius 3 is 2.19 bits per heavy atom. The fourth-order valence-corrected chi connectivity index (χ4v) is 4.07. The van der Waals surface area contributed by atoms with Gasteiger partial charge in [-0.25, -0.2) is 4.68 Å². The van der Waals surface area contributed by atoms with Crippen LogP contribution in [0.1, 0.15) is 22.5 Å². The molecule has 1 aliphatic heterocycles. The molecule has 2 aromatic carbocycles. The van der Waals surface area contributed by atoms with Crippen LogP contribution < -0.4 is 4.90 Å². The molecule has 0 bridgehead atoms. The number of aromatic nitrogens is 2. The number of rotatable bonds is 4. The van der Waals surface area contributed by atoms with Crippen molar-refractivity contribution in [1.82, 2.24) is 14.7 Å². The van der Waals surface area contributed by atoms with Gasteiger partial charge < -0.3 is 4.90 Å². The summed E-state index contributed by atoms with van der Waals surface area (Å²) in [5.41, 5.74) is 7.60. The summed E-state index contributed by atoms with van der Waals surface area (Å²) in [6.45, 7) is 11.8. The average Bonchev–Trinajstić information content (AvgIpc) is 2.99. The molecule has 0 spiro atoms. The molecule has 1 aliphatic rings. The summed E-state index contributed by atoms with van der Waals surface area (Å²) in [5, 5.41) is 4.82. The Morgan fingerprint density at radius 1 is 0.815 bits per heavy atom. The first-order valence-corrected chi connectivity index (χ1v) is 9.77. The lowest BCUT2D eigenvalue weighted by atomic mass is 10.1. The van der Waals surface area contributed by atoms with E-state index < -0.39 is 0 Å². The van der Waals surface area contributed by atoms with Gasteiger partial charge in [-0.2, -0.15) is 5.10 Å². The molecule has 0 atom stereocenters. The van der Waals surface area contributed by atoms with Gasteiger partial charge in [0.1, 0.15) is 0 Å². The van der Waals surface area contributed by atoms with Gasteiger partial charge in [0.05, 0.1) is 22.8 Å². The number of hydrogen-bond acceptors (Lipinski definition) is 3. The Morgan fingerprint density at radius 2 is 1.48 bits per heavy atom. The first-order chi connectivity index (χ1) is 13.1. The maximum Gasteiger partial charge on any atom is 0.0834 e. The molecule has 4 rings (SSSR count). The number of hydrogen-bond donors (Lipinski definition) is 0. The van der Waals surface area contributed by atoms with Crippen molar-refractivity contribution in [1.29, 1.82) is 0 Å². The van der Waals surface area contributed by atoms with Gasteiger partial charge in [0.25, 0.3) is 0 Å². The van der Waals surface area contributed by atoms with Gasteiger partial charge in [-0.05, 0) is 44.0 Å². The van der Waals surface area contributed by atoms with Crippen molar-refractivity contribution in [2.45, 2.75) is 27.3 Å². The predicted molar refractivity (Wildman–Crippen MR) is 112 cm³/mol. The Labute approximate surface area is 162 Å².